The summed E-state index contributed by atoms with van der Waals surface area (Å²) in [7, 11) is 0. The molecule has 0 spiro atoms. The highest BCUT2D eigenvalue weighted by molar-refractivity contribution is 5.77. The molecule has 1 saturated heterocycles. The van der Waals surface area contributed by atoms with Crippen LogP contribution in [0.4, 0.5) is 0 Å². The van der Waals surface area contributed by atoms with E-state index in [0.29, 0.717) is 6.61 Å². The summed E-state index contributed by atoms with van der Waals surface area (Å²) in [6.07, 6.45) is 0.0444. The Labute approximate surface area is 155 Å². The molecule has 3 unspecified atom stereocenters. The van der Waals surface area contributed by atoms with Gasteiger partial charge in [0.25, 0.3) is 0 Å². The molecule has 144 valence electrons. The molecule has 1 aromatic carbocycles. The Morgan fingerprint density at radius 2 is 1.85 bits per heavy atom. The average molecular weight is 363 g/mol. The van der Waals surface area contributed by atoms with Gasteiger partial charge in [-0.2, -0.15) is 0 Å². The molecule has 0 aliphatic carbocycles. The van der Waals surface area contributed by atoms with Crippen LogP contribution in [0.15, 0.2) is 30.3 Å². The number of rotatable bonds is 7. The van der Waals surface area contributed by atoms with Crippen LogP contribution < -0.4 is 5.32 Å². The number of benzene rings is 1. The molecule has 1 N–H and O–H groups in total. The lowest BCUT2D eigenvalue weighted by molar-refractivity contribution is -0.231. The summed E-state index contributed by atoms with van der Waals surface area (Å²) in [6, 6.07) is 9.27. The lowest BCUT2D eigenvalue weighted by Gasteiger charge is -2.44. The first-order chi connectivity index (χ1) is 12.4. The van der Waals surface area contributed by atoms with E-state index in [4.69, 9.17) is 14.2 Å². The Hall–Kier alpha value is -1.92. The third-order valence-corrected chi connectivity index (χ3v) is 4.94. The van der Waals surface area contributed by atoms with Crippen molar-refractivity contribution in [2.75, 3.05) is 6.61 Å². The molecular weight excluding hydrogens is 334 g/mol. The van der Waals surface area contributed by atoms with E-state index in [9.17, 15) is 9.59 Å². The van der Waals surface area contributed by atoms with Gasteiger partial charge in [-0.25, -0.2) is 0 Å². The second-order valence-electron chi connectivity index (χ2n) is 6.85. The van der Waals surface area contributed by atoms with E-state index < -0.39 is 18.3 Å². The van der Waals surface area contributed by atoms with E-state index >= 15 is 0 Å². The molecule has 26 heavy (non-hydrogen) atoms. The first kappa shape index (κ1) is 20.4. The van der Waals surface area contributed by atoms with Gasteiger partial charge in [-0.3, -0.25) is 9.59 Å². The number of carbonyl (C=O) groups excluding carboxylic acids is 2. The van der Waals surface area contributed by atoms with Crippen LogP contribution in [0.3, 0.4) is 0 Å². The molecule has 0 bridgehead atoms. The van der Waals surface area contributed by atoms with Crippen molar-refractivity contribution < 1.29 is 23.8 Å². The summed E-state index contributed by atoms with van der Waals surface area (Å²) in [5.41, 5.74) is 1.01. The first-order valence-electron chi connectivity index (χ1n) is 9.16. The van der Waals surface area contributed by atoms with Gasteiger partial charge in [0.05, 0.1) is 18.8 Å². The van der Waals surface area contributed by atoms with E-state index in [1.807, 2.05) is 44.2 Å². The zero-order valence-electron chi connectivity index (χ0n) is 15.9. The summed E-state index contributed by atoms with van der Waals surface area (Å²) in [5, 5.41) is 2.92. The zero-order chi connectivity index (χ0) is 19.1. The fourth-order valence-corrected chi connectivity index (χ4v) is 3.29. The van der Waals surface area contributed by atoms with Crippen molar-refractivity contribution in [1.82, 2.24) is 5.32 Å². The third kappa shape index (κ3) is 5.54. The Morgan fingerprint density at radius 1 is 1.15 bits per heavy atom. The van der Waals surface area contributed by atoms with Gasteiger partial charge in [-0.1, -0.05) is 51.1 Å². The molecule has 0 radical (unpaired) electrons. The van der Waals surface area contributed by atoms with Gasteiger partial charge in [0.1, 0.15) is 6.61 Å². The van der Waals surface area contributed by atoms with Crippen molar-refractivity contribution >= 4 is 11.9 Å². The van der Waals surface area contributed by atoms with Gasteiger partial charge >= 0.3 is 5.97 Å². The second kappa shape index (κ2) is 9.69. The zero-order valence-corrected chi connectivity index (χ0v) is 15.9. The minimum Gasteiger partial charge on any atom is -0.434 e. The number of amides is 1. The predicted octanol–water partition coefficient (Wildman–Crippen LogP) is 2.66. The van der Waals surface area contributed by atoms with Crippen LogP contribution in [0.5, 0.6) is 0 Å². The van der Waals surface area contributed by atoms with Crippen LogP contribution in [-0.2, 0) is 30.4 Å². The van der Waals surface area contributed by atoms with Crippen LogP contribution in [0.25, 0.3) is 0 Å². The highest BCUT2D eigenvalue weighted by Crippen LogP contribution is 2.32. The fraction of sp³-hybridized carbons (Fsp3) is 0.600. The minimum atomic E-state index is -0.776. The van der Waals surface area contributed by atoms with Crippen molar-refractivity contribution in [2.45, 2.75) is 59.2 Å². The highest BCUT2D eigenvalue weighted by Gasteiger charge is 2.43. The lowest BCUT2D eigenvalue weighted by Crippen LogP contribution is -2.58. The molecule has 1 aromatic rings. The van der Waals surface area contributed by atoms with Crippen molar-refractivity contribution in [1.29, 1.82) is 0 Å². The smallest absolute Gasteiger partial charge is 0.305 e. The minimum absolute atomic E-state index is 0.00293. The topological polar surface area (TPSA) is 73.9 Å². The Morgan fingerprint density at radius 3 is 2.46 bits per heavy atom. The molecular formula is C20H29NO5. The second-order valence-corrected chi connectivity index (χ2v) is 6.85. The van der Waals surface area contributed by atoms with E-state index in [2.05, 4.69) is 12.2 Å². The summed E-state index contributed by atoms with van der Waals surface area (Å²) in [4.78, 5) is 23.7. The molecule has 1 heterocycles. The van der Waals surface area contributed by atoms with Gasteiger partial charge in [0.15, 0.2) is 0 Å². The summed E-state index contributed by atoms with van der Waals surface area (Å²) in [6.45, 7) is 7.82. The normalized spacial score (nSPS) is 28.4. The molecule has 5 atom stereocenters. The quantitative estimate of drug-likeness (QED) is 0.754. The molecule has 6 nitrogen and oxygen atoms in total. The average Bonchev–Trinajstić information content (AvgIpc) is 2.61. The third-order valence-electron chi connectivity index (χ3n) is 4.94. The monoisotopic (exact) mass is 363 g/mol. The number of esters is 1. The van der Waals surface area contributed by atoms with Crippen LogP contribution >= 0.6 is 0 Å². The molecule has 0 aromatic heterocycles. The van der Waals surface area contributed by atoms with Gasteiger partial charge in [-0.15, -0.1) is 0 Å². The fourth-order valence-electron chi connectivity index (χ4n) is 3.29. The van der Waals surface area contributed by atoms with Crippen LogP contribution in [-0.4, -0.2) is 36.9 Å². The van der Waals surface area contributed by atoms with Crippen LogP contribution in [0.1, 0.15) is 39.7 Å². The molecule has 1 aliphatic heterocycles. The van der Waals surface area contributed by atoms with Gasteiger partial charge < -0.3 is 19.5 Å². The Bertz CT molecular complexity index is 591. The van der Waals surface area contributed by atoms with Gasteiger partial charge in [0.2, 0.25) is 12.2 Å². The van der Waals surface area contributed by atoms with E-state index in [0.717, 1.165) is 12.0 Å². The predicted molar refractivity (Wildman–Crippen MR) is 97.1 cm³/mol. The largest absolute Gasteiger partial charge is 0.434 e. The summed E-state index contributed by atoms with van der Waals surface area (Å²) < 4.78 is 16.7. The van der Waals surface area contributed by atoms with Crippen molar-refractivity contribution in [3.05, 3.63) is 35.9 Å². The van der Waals surface area contributed by atoms with Crippen LogP contribution in [0, 0.1) is 11.8 Å². The molecule has 6 heteroatoms. The number of hydrogen-bond donors (Lipinski definition) is 1. The molecule has 1 fully saturated rings. The van der Waals surface area contributed by atoms with Crippen molar-refractivity contribution in [3.63, 3.8) is 0 Å². The number of ether oxygens (including phenoxy) is 3. The summed E-state index contributed by atoms with van der Waals surface area (Å²) in [5.74, 6) is -0.328. The molecule has 1 amide bonds. The van der Waals surface area contributed by atoms with E-state index in [1.54, 1.807) is 0 Å². The number of carbonyl (C=O) groups is 2. The SMILES string of the molecule is CCC1OC(OC(C)=O)C(NC(=O)COCc2ccccc2)[C@@H](C)[C@@H]1C. The van der Waals surface area contributed by atoms with E-state index in [-0.39, 0.29) is 30.5 Å². The maximum absolute atomic E-state index is 12.3. The van der Waals surface area contributed by atoms with Crippen molar-refractivity contribution in [2.24, 2.45) is 11.8 Å². The molecule has 2 rings (SSSR count). The first-order valence-corrected chi connectivity index (χ1v) is 9.16. The highest BCUT2D eigenvalue weighted by atomic mass is 16.7. The molecule has 1 aliphatic rings. The van der Waals surface area contributed by atoms with Gasteiger partial charge in [0, 0.05) is 6.92 Å². The number of nitrogens with one attached hydrogen (secondary N) is 1. The molecule has 0 saturated carbocycles. The van der Waals surface area contributed by atoms with E-state index in [1.165, 1.54) is 6.92 Å². The van der Waals surface area contributed by atoms with Gasteiger partial charge in [-0.05, 0) is 23.8 Å². The summed E-state index contributed by atoms with van der Waals surface area (Å²) >= 11 is 0. The number of hydrogen-bond acceptors (Lipinski definition) is 5. The Kier molecular flexibility index (Phi) is 7.60. The maximum Gasteiger partial charge on any atom is 0.305 e. The van der Waals surface area contributed by atoms with Crippen molar-refractivity contribution in [3.8, 4) is 0 Å². The maximum atomic E-state index is 12.3. The lowest BCUT2D eigenvalue weighted by atomic mass is 9.81. The standard InChI is InChI=1S/C20H29NO5/c1-5-17-13(2)14(3)19(20(26-17)25-15(4)22)21-18(23)12-24-11-16-9-7-6-8-10-16/h6-10,13-14,17,19-20H,5,11-12H2,1-4H3,(H,21,23)/t13-,14-,17?,19?,20?/m0/s1. The van der Waals surface area contributed by atoms with Crippen LogP contribution in [0.2, 0.25) is 0 Å². The Balaban J connectivity index is 1.92.